The van der Waals surface area contributed by atoms with E-state index in [9.17, 15) is 4.79 Å². The van der Waals surface area contributed by atoms with Gasteiger partial charge in [0, 0.05) is 0 Å². The first kappa shape index (κ1) is 14.5. The van der Waals surface area contributed by atoms with Crippen molar-refractivity contribution in [2.75, 3.05) is 13.1 Å². The lowest BCUT2D eigenvalue weighted by atomic mass is 9.89. The Balaban J connectivity index is 3.09. The normalized spacial score (nSPS) is 14.9. The summed E-state index contributed by atoms with van der Waals surface area (Å²) < 4.78 is 6.02. The molecule has 3 nitrogen and oxygen atoms in total. The third-order valence-corrected chi connectivity index (χ3v) is 4.09. The maximum Gasteiger partial charge on any atom is 0.219 e. The molecular formula is C13H20BrNO2. The number of carbonyl (C=O) groups is 1. The molecule has 0 N–H and O–H groups in total. The minimum absolute atomic E-state index is 0.0422. The Bertz CT molecular complexity index is 385. The molecule has 0 amide bonds. The lowest BCUT2D eigenvalue weighted by Crippen LogP contribution is -2.51. The second-order valence-corrected chi connectivity index (χ2v) is 5.08. The summed E-state index contributed by atoms with van der Waals surface area (Å²) in [4.78, 5) is 14.7. The summed E-state index contributed by atoms with van der Waals surface area (Å²) in [5, 5.41) is 0. The first-order valence-corrected chi connectivity index (χ1v) is 6.83. The lowest BCUT2D eigenvalue weighted by Gasteiger charge is -2.37. The molecule has 0 radical (unpaired) electrons. The van der Waals surface area contributed by atoms with Crippen molar-refractivity contribution in [2.24, 2.45) is 0 Å². The van der Waals surface area contributed by atoms with Gasteiger partial charge in [0.2, 0.25) is 5.78 Å². The van der Waals surface area contributed by atoms with E-state index in [0.717, 1.165) is 24.0 Å². The van der Waals surface area contributed by atoms with Gasteiger partial charge < -0.3 is 4.42 Å². The van der Waals surface area contributed by atoms with E-state index in [4.69, 9.17) is 4.42 Å². The first-order valence-electron chi connectivity index (χ1n) is 6.04. The SMILES string of the molecule is CCN(CC)C(C)(CC)C(=O)c1occc1Br. The summed E-state index contributed by atoms with van der Waals surface area (Å²) >= 11 is 3.35. The van der Waals surface area contributed by atoms with Crippen LogP contribution in [0.4, 0.5) is 0 Å². The van der Waals surface area contributed by atoms with Crippen LogP contribution in [-0.2, 0) is 0 Å². The summed E-state index contributed by atoms with van der Waals surface area (Å²) in [6.07, 6.45) is 2.30. The predicted octanol–water partition coefficient (Wildman–Crippen LogP) is 3.74. The number of furan rings is 1. The zero-order valence-electron chi connectivity index (χ0n) is 10.9. The summed E-state index contributed by atoms with van der Waals surface area (Å²) in [6, 6.07) is 1.76. The number of Topliss-reactive ketones (excluding diaryl/α,β-unsaturated/α-hetero) is 1. The maximum atomic E-state index is 12.6. The number of hydrogen-bond acceptors (Lipinski definition) is 3. The van der Waals surface area contributed by atoms with Crippen LogP contribution in [0.5, 0.6) is 0 Å². The monoisotopic (exact) mass is 301 g/mol. The summed E-state index contributed by atoms with van der Waals surface area (Å²) in [5.41, 5.74) is -0.496. The third-order valence-electron chi connectivity index (χ3n) is 3.46. The number of ketones is 1. The standard InChI is InChI=1S/C13H20BrNO2/c1-5-13(4,15(6-2)7-3)12(16)11-10(14)8-9-17-11/h8-9H,5-7H2,1-4H3. The average Bonchev–Trinajstić information content (AvgIpc) is 2.75. The van der Waals surface area contributed by atoms with E-state index in [1.54, 1.807) is 6.07 Å². The Labute approximate surface area is 111 Å². The summed E-state index contributed by atoms with van der Waals surface area (Å²) in [6.45, 7) is 9.86. The third kappa shape index (κ3) is 2.63. The van der Waals surface area contributed by atoms with Crippen molar-refractivity contribution in [1.82, 2.24) is 4.90 Å². The fourth-order valence-corrected chi connectivity index (χ4v) is 2.53. The topological polar surface area (TPSA) is 33.5 Å². The van der Waals surface area contributed by atoms with Gasteiger partial charge in [-0.25, -0.2) is 0 Å². The van der Waals surface area contributed by atoms with Gasteiger partial charge >= 0.3 is 0 Å². The molecule has 1 atom stereocenters. The second kappa shape index (κ2) is 5.83. The van der Waals surface area contributed by atoms with Gasteiger partial charge in [-0.2, -0.15) is 0 Å². The van der Waals surface area contributed by atoms with Crippen molar-refractivity contribution in [3.8, 4) is 0 Å². The van der Waals surface area contributed by atoms with E-state index < -0.39 is 5.54 Å². The molecule has 1 heterocycles. The molecule has 0 saturated carbocycles. The van der Waals surface area contributed by atoms with Gasteiger partial charge in [-0.05, 0) is 48.4 Å². The van der Waals surface area contributed by atoms with Crippen LogP contribution in [0, 0.1) is 0 Å². The summed E-state index contributed by atoms with van der Waals surface area (Å²) in [5.74, 6) is 0.460. The molecule has 1 aromatic rings. The minimum atomic E-state index is -0.496. The molecule has 0 bridgehead atoms. The Morgan fingerprint density at radius 1 is 1.41 bits per heavy atom. The molecule has 0 spiro atoms. The van der Waals surface area contributed by atoms with E-state index >= 15 is 0 Å². The molecule has 0 fully saturated rings. The maximum absolute atomic E-state index is 12.6. The van der Waals surface area contributed by atoms with E-state index in [1.165, 1.54) is 6.26 Å². The van der Waals surface area contributed by atoms with Gasteiger partial charge in [0.15, 0.2) is 5.76 Å². The van der Waals surface area contributed by atoms with Crippen molar-refractivity contribution < 1.29 is 9.21 Å². The molecule has 17 heavy (non-hydrogen) atoms. The van der Waals surface area contributed by atoms with Crippen LogP contribution >= 0.6 is 15.9 Å². The number of carbonyl (C=O) groups excluding carboxylic acids is 1. The van der Waals surface area contributed by atoms with E-state index in [-0.39, 0.29) is 5.78 Å². The van der Waals surface area contributed by atoms with E-state index in [0.29, 0.717) is 5.76 Å². The molecule has 0 aromatic carbocycles. The van der Waals surface area contributed by atoms with Gasteiger partial charge in [-0.3, -0.25) is 9.69 Å². The number of hydrogen-bond donors (Lipinski definition) is 0. The highest BCUT2D eigenvalue weighted by molar-refractivity contribution is 9.10. The fourth-order valence-electron chi connectivity index (χ4n) is 2.15. The number of halogens is 1. The highest BCUT2D eigenvalue weighted by Gasteiger charge is 2.39. The molecule has 0 aliphatic carbocycles. The van der Waals surface area contributed by atoms with Gasteiger partial charge in [0.1, 0.15) is 0 Å². The highest BCUT2D eigenvalue weighted by atomic mass is 79.9. The smallest absolute Gasteiger partial charge is 0.219 e. The van der Waals surface area contributed by atoms with Gasteiger partial charge in [-0.1, -0.05) is 20.8 Å². The fraction of sp³-hybridized carbons (Fsp3) is 0.615. The Morgan fingerprint density at radius 2 is 2.00 bits per heavy atom. The van der Waals surface area contributed by atoms with Crippen molar-refractivity contribution in [2.45, 2.75) is 39.7 Å². The molecule has 96 valence electrons. The number of likely N-dealkylation sites (N-methyl/N-ethyl adjacent to an activating group) is 1. The van der Waals surface area contributed by atoms with Crippen LogP contribution in [-0.4, -0.2) is 29.3 Å². The van der Waals surface area contributed by atoms with Crippen LogP contribution in [0.1, 0.15) is 44.7 Å². The van der Waals surface area contributed by atoms with E-state index in [2.05, 4.69) is 34.7 Å². The number of rotatable bonds is 6. The average molecular weight is 302 g/mol. The largest absolute Gasteiger partial charge is 0.460 e. The molecule has 1 aromatic heterocycles. The van der Waals surface area contributed by atoms with Crippen LogP contribution in [0.3, 0.4) is 0 Å². The molecule has 1 unspecified atom stereocenters. The molecular weight excluding hydrogens is 282 g/mol. The Hall–Kier alpha value is -0.610. The van der Waals surface area contributed by atoms with Crippen LogP contribution in [0.2, 0.25) is 0 Å². The molecule has 1 rings (SSSR count). The Kier molecular flexibility index (Phi) is 4.95. The lowest BCUT2D eigenvalue weighted by molar-refractivity contribution is 0.0577. The van der Waals surface area contributed by atoms with Crippen molar-refractivity contribution in [3.63, 3.8) is 0 Å². The van der Waals surface area contributed by atoms with Gasteiger partial charge in [-0.15, -0.1) is 0 Å². The highest BCUT2D eigenvalue weighted by Crippen LogP contribution is 2.28. The van der Waals surface area contributed by atoms with Crippen LogP contribution in [0.25, 0.3) is 0 Å². The second-order valence-electron chi connectivity index (χ2n) is 4.23. The molecule has 0 aliphatic rings. The quantitative estimate of drug-likeness (QED) is 0.751. The molecule has 0 saturated heterocycles. The number of nitrogens with zero attached hydrogens (tertiary/aromatic N) is 1. The molecule has 0 aliphatic heterocycles. The van der Waals surface area contributed by atoms with Crippen LogP contribution < -0.4 is 0 Å². The van der Waals surface area contributed by atoms with Gasteiger partial charge in [0.25, 0.3) is 0 Å². The van der Waals surface area contributed by atoms with Crippen LogP contribution in [0.15, 0.2) is 21.2 Å². The summed E-state index contributed by atoms with van der Waals surface area (Å²) in [7, 11) is 0. The van der Waals surface area contributed by atoms with E-state index in [1.807, 2.05) is 13.8 Å². The van der Waals surface area contributed by atoms with Crippen molar-refractivity contribution >= 4 is 21.7 Å². The van der Waals surface area contributed by atoms with Crippen molar-refractivity contribution in [1.29, 1.82) is 0 Å². The zero-order valence-corrected chi connectivity index (χ0v) is 12.5. The molecule has 4 heteroatoms. The first-order chi connectivity index (χ1) is 8.01. The zero-order chi connectivity index (χ0) is 13.1. The minimum Gasteiger partial charge on any atom is -0.460 e. The predicted molar refractivity (Wildman–Crippen MR) is 72.4 cm³/mol. The Morgan fingerprint density at radius 3 is 2.35 bits per heavy atom. The van der Waals surface area contributed by atoms with Gasteiger partial charge in [0.05, 0.1) is 16.3 Å². The van der Waals surface area contributed by atoms with Crippen molar-refractivity contribution in [3.05, 3.63) is 22.6 Å².